The number of carbonyl (C=O) groups excluding carboxylic acids is 2. The zero-order valence-electron chi connectivity index (χ0n) is 27.4. The molecular weight excluding hydrogens is 798 g/mol. The van der Waals surface area contributed by atoms with Gasteiger partial charge in [-0.1, -0.05) is 35.3 Å². The van der Waals surface area contributed by atoms with Crippen LogP contribution in [0, 0.1) is 6.92 Å². The highest BCUT2D eigenvalue weighted by Gasteiger charge is 2.31. The molecule has 0 fully saturated rings. The van der Waals surface area contributed by atoms with E-state index in [1.165, 1.54) is 37.4 Å². The Morgan fingerprint density at radius 3 is 2.28 bits per heavy atom. The van der Waals surface area contributed by atoms with Gasteiger partial charge in [0.2, 0.25) is 5.95 Å². The Balaban J connectivity index is 0.000000286. The van der Waals surface area contributed by atoms with E-state index in [-0.39, 0.29) is 68.0 Å². The van der Waals surface area contributed by atoms with Gasteiger partial charge in [0.1, 0.15) is 34.6 Å². The average Bonchev–Trinajstić information content (AvgIpc) is 3.08. The lowest BCUT2D eigenvalue weighted by molar-refractivity contribution is -0.146. The van der Waals surface area contributed by atoms with E-state index < -0.39 is 45.8 Å². The Hall–Kier alpha value is -5.11. The summed E-state index contributed by atoms with van der Waals surface area (Å²) in [5.74, 6) is -2.00. The topological polar surface area (TPSA) is 205 Å². The summed E-state index contributed by atoms with van der Waals surface area (Å²) in [6, 6.07) is 11.1. The Morgan fingerprint density at radius 2 is 1.66 bits per heavy atom. The highest BCUT2D eigenvalue weighted by molar-refractivity contribution is 7.90. The first-order chi connectivity index (χ1) is 24.8. The number of sulfonamides is 1. The molecule has 1 atom stereocenters. The molecular formula is C31H27Cl3F3N5O10S. The predicted octanol–water partition coefficient (Wildman–Crippen LogP) is 6.75. The standard InChI is InChI=1S/C17H11Cl2F3O5.C14H16ClN5O5S/c1-8(15(23)24)26-16(25)11-7-10(3-4-12(11)18)27-14-5-2-9(6-13(14)19)17(20,21)22;1-9-16-12(19-14(17-9)24-2)18-13(21)20-26(22,23)11-6-4-3-5-10(11)25-8-7-15/h2-8H,1H3,(H,23,24);3-6H,7-8H2,1-2H3,(H2,16,17,18,19,20,21)/t8-;/m0./s1. The van der Waals surface area contributed by atoms with Crippen molar-refractivity contribution in [2.75, 3.05) is 24.9 Å². The van der Waals surface area contributed by atoms with Gasteiger partial charge in [0.05, 0.1) is 34.2 Å². The number of para-hydroxylation sites is 1. The largest absolute Gasteiger partial charge is 0.491 e. The molecule has 0 aliphatic heterocycles. The van der Waals surface area contributed by atoms with Crippen molar-refractivity contribution in [3.63, 3.8) is 0 Å². The second-order valence-electron chi connectivity index (χ2n) is 10.0. The summed E-state index contributed by atoms with van der Waals surface area (Å²) in [4.78, 5) is 46.2. The highest BCUT2D eigenvalue weighted by atomic mass is 35.5. The third-order valence-corrected chi connectivity index (χ3v) is 8.26. The van der Waals surface area contributed by atoms with Crippen LogP contribution in [0.15, 0.2) is 65.6 Å². The molecule has 1 aromatic heterocycles. The predicted molar refractivity (Wildman–Crippen MR) is 184 cm³/mol. The minimum atomic E-state index is -4.56. The summed E-state index contributed by atoms with van der Waals surface area (Å²) in [6.07, 6.45) is -5.96. The van der Waals surface area contributed by atoms with Crippen molar-refractivity contribution in [1.82, 2.24) is 19.7 Å². The maximum atomic E-state index is 12.7. The number of aromatic nitrogens is 3. The van der Waals surface area contributed by atoms with Crippen LogP contribution in [0.5, 0.6) is 23.3 Å². The zero-order valence-corrected chi connectivity index (χ0v) is 30.5. The van der Waals surface area contributed by atoms with Crippen LogP contribution in [-0.2, 0) is 25.7 Å². The van der Waals surface area contributed by atoms with Crippen molar-refractivity contribution in [2.24, 2.45) is 0 Å². The lowest BCUT2D eigenvalue weighted by atomic mass is 10.2. The number of halogens is 6. The normalized spacial score (nSPS) is 11.6. The van der Waals surface area contributed by atoms with Crippen molar-refractivity contribution >= 4 is 68.7 Å². The molecule has 22 heteroatoms. The van der Waals surface area contributed by atoms with Crippen LogP contribution in [0.1, 0.15) is 28.7 Å². The van der Waals surface area contributed by atoms with Gasteiger partial charge >= 0.3 is 30.2 Å². The quantitative estimate of drug-likeness (QED) is 0.100. The van der Waals surface area contributed by atoms with Crippen molar-refractivity contribution < 1.29 is 60.0 Å². The van der Waals surface area contributed by atoms with Crippen molar-refractivity contribution in [2.45, 2.75) is 31.0 Å². The summed E-state index contributed by atoms with van der Waals surface area (Å²) in [5.41, 5.74) is -1.12. The Morgan fingerprint density at radius 1 is 0.962 bits per heavy atom. The number of nitrogens with one attached hydrogen (secondary N) is 2. The number of anilines is 1. The maximum absolute atomic E-state index is 12.7. The highest BCUT2D eigenvalue weighted by Crippen LogP contribution is 2.37. The van der Waals surface area contributed by atoms with E-state index in [9.17, 15) is 36.0 Å². The van der Waals surface area contributed by atoms with Crippen LogP contribution in [0.2, 0.25) is 10.0 Å². The van der Waals surface area contributed by atoms with Gasteiger partial charge in [-0.3, -0.25) is 5.32 Å². The molecule has 1 heterocycles. The van der Waals surface area contributed by atoms with E-state index in [0.29, 0.717) is 6.07 Å². The molecule has 0 aliphatic carbocycles. The first kappa shape index (κ1) is 42.3. The number of hydrogen-bond acceptors (Lipinski definition) is 12. The maximum Gasteiger partial charge on any atom is 0.416 e. The Bertz CT molecular complexity index is 2080. The lowest BCUT2D eigenvalue weighted by Gasteiger charge is -2.13. The summed E-state index contributed by atoms with van der Waals surface area (Å²) in [7, 11) is -2.85. The van der Waals surface area contributed by atoms with Gasteiger partial charge in [0.25, 0.3) is 10.0 Å². The molecule has 2 amide bonds. The molecule has 0 unspecified atom stereocenters. The van der Waals surface area contributed by atoms with Crippen LogP contribution in [0.3, 0.4) is 0 Å². The summed E-state index contributed by atoms with van der Waals surface area (Å²) in [5, 5.41) is 10.7. The molecule has 0 saturated heterocycles. The van der Waals surface area contributed by atoms with Gasteiger partial charge in [-0.2, -0.15) is 28.1 Å². The van der Waals surface area contributed by atoms with Gasteiger partial charge in [-0.05, 0) is 62.4 Å². The average molecular weight is 825 g/mol. The van der Waals surface area contributed by atoms with Gasteiger partial charge in [-0.15, -0.1) is 11.6 Å². The third-order valence-electron chi connectivity index (χ3n) is 6.11. The zero-order chi connectivity index (χ0) is 39.5. The van der Waals surface area contributed by atoms with E-state index >= 15 is 0 Å². The van der Waals surface area contributed by atoms with Crippen LogP contribution in [0.4, 0.5) is 23.9 Å². The molecule has 0 aliphatic rings. The molecule has 3 aromatic carbocycles. The fourth-order valence-corrected chi connectivity index (χ4v) is 5.28. The monoisotopic (exact) mass is 823 g/mol. The Labute approximate surface area is 314 Å². The van der Waals surface area contributed by atoms with Crippen molar-refractivity contribution in [1.29, 1.82) is 0 Å². The summed E-state index contributed by atoms with van der Waals surface area (Å²) < 4.78 is 85.0. The number of carboxylic acids is 1. The molecule has 4 rings (SSSR count). The molecule has 0 radical (unpaired) electrons. The second kappa shape index (κ2) is 18.6. The third kappa shape index (κ3) is 12.5. The Kier molecular flexibility index (Phi) is 14.8. The van der Waals surface area contributed by atoms with Crippen LogP contribution >= 0.6 is 34.8 Å². The number of rotatable bonds is 12. The number of carboxylic acid groups (broad SMARTS) is 1. The van der Waals surface area contributed by atoms with Gasteiger partial charge in [-0.25, -0.2) is 27.5 Å². The number of carbonyl (C=O) groups is 3. The van der Waals surface area contributed by atoms with E-state index in [0.717, 1.165) is 25.1 Å². The number of benzene rings is 3. The van der Waals surface area contributed by atoms with Gasteiger partial charge in [0.15, 0.2) is 6.10 Å². The van der Waals surface area contributed by atoms with E-state index in [1.54, 1.807) is 13.0 Å². The molecule has 284 valence electrons. The molecule has 53 heavy (non-hydrogen) atoms. The minimum Gasteiger partial charge on any atom is -0.491 e. The van der Waals surface area contributed by atoms with E-state index in [4.69, 9.17) is 58.9 Å². The number of aryl methyl sites for hydroxylation is 1. The number of amides is 2. The van der Waals surface area contributed by atoms with E-state index in [2.05, 4.69) is 20.3 Å². The molecule has 15 nitrogen and oxygen atoms in total. The second-order valence-corrected chi connectivity index (χ2v) is 12.9. The molecule has 0 bridgehead atoms. The van der Waals surface area contributed by atoms with Crippen LogP contribution in [0.25, 0.3) is 0 Å². The first-order valence-corrected chi connectivity index (χ1v) is 17.3. The fourth-order valence-electron chi connectivity index (χ4n) is 3.73. The molecule has 0 spiro atoms. The fraction of sp³-hybridized carbons (Fsp3) is 0.226. The van der Waals surface area contributed by atoms with Crippen LogP contribution in [-0.4, -0.2) is 72.1 Å². The SMILES string of the molecule is COc1nc(C)nc(NC(=O)NS(=O)(=O)c2ccccc2OCCCl)n1.C[C@H](OC(=O)c1cc(Oc2ccc(C(F)(F)F)cc2Cl)ccc1Cl)C(=O)O. The van der Waals surface area contributed by atoms with Gasteiger partial charge in [0, 0.05) is 0 Å². The number of methoxy groups -OCH3 is 1. The van der Waals surface area contributed by atoms with Crippen LogP contribution < -0.4 is 24.2 Å². The molecule has 3 N–H and O–H groups in total. The molecule has 4 aromatic rings. The minimum absolute atomic E-state index is 0.0181. The first-order valence-electron chi connectivity index (χ1n) is 14.5. The molecule has 0 saturated carbocycles. The van der Waals surface area contributed by atoms with E-state index in [1.807, 2.05) is 4.72 Å². The number of ether oxygens (including phenoxy) is 4. The number of alkyl halides is 4. The smallest absolute Gasteiger partial charge is 0.416 e. The van der Waals surface area contributed by atoms with Crippen molar-refractivity contribution in [3.05, 3.63) is 87.7 Å². The number of nitrogens with zero attached hydrogens (tertiary/aromatic N) is 3. The summed E-state index contributed by atoms with van der Waals surface area (Å²) >= 11 is 17.3. The summed E-state index contributed by atoms with van der Waals surface area (Å²) in [6.45, 7) is 2.84. The van der Waals surface area contributed by atoms with Gasteiger partial charge < -0.3 is 24.1 Å². The number of hydrogen-bond donors (Lipinski definition) is 3. The number of aliphatic carboxylic acids is 1. The number of esters is 1. The van der Waals surface area contributed by atoms with Crippen molar-refractivity contribution in [3.8, 4) is 23.3 Å². The number of urea groups is 1. The lowest BCUT2D eigenvalue weighted by Crippen LogP contribution is -2.35.